The summed E-state index contributed by atoms with van der Waals surface area (Å²) < 4.78 is 36.5. The minimum Gasteiger partial charge on any atom is -0.497 e. The van der Waals surface area contributed by atoms with Crippen molar-refractivity contribution in [2.75, 3.05) is 7.11 Å². The highest BCUT2D eigenvalue weighted by Crippen LogP contribution is 2.26. The van der Waals surface area contributed by atoms with Gasteiger partial charge in [-0.1, -0.05) is 60.7 Å². The fourth-order valence-corrected chi connectivity index (χ4v) is 5.95. The molecule has 1 heterocycles. The maximum atomic E-state index is 13.1. The molecule has 6 nitrogen and oxygen atoms in total. The molecule has 0 spiro atoms. The monoisotopic (exact) mass is 468 g/mol. The Balaban J connectivity index is 1.62. The predicted molar refractivity (Wildman–Crippen MR) is 128 cm³/mol. The van der Waals surface area contributed by atoms with Crippen molar-refractivity contribution in [3.63, 3.8) is 0 Å². The smallest absolute Gasteiger partial charge is 0.308 e. The van der Waals surface area contributed by atoms with E-state index in [0.29, 0.717) is 23.4 Å². The zero-order valence-corrected chi connectivity index (χ0v) is 19.4. The summed E-state index contributed by atoms with van der Waals surface area (Å²) in [5.74, 6) is 0.715. The van der Waals surface area contributed by atoms with E-state index in [-0.39, 0.29) is 15.8 Å². The number of hydrogen-bond donors (Lipinski definition) is 1. The molecule has 0 saturated heterocycles. The molecule has 3 aromatic carbocycles. The maximum absolute atomic E-state index is 13.1. The van der Waals surface area contributed by atoms with E-state index >= 15 is 0 Å². The number of methoxy groups -OCH3 is 1. The van der Waals surface area contributed by atoms with Crippen molar-refractivity contribution < 1.29 is 13.2 Å². The summed E-state index contributed by atoms with van der Waals surface area (Å²) in [6.07, 6.45) is 0.592. The first-order valence-corrected chi connectivity index (χ1v) is 12.5. The lowest BCUT2D eigenvalue weighted by atomic mass is 10.1. The van der Waals surface area contributed by atoms with E-state index in [4.69, 9.17) is 4.74 Å². The number of hydrogen-bond acceptors (Lipinski definition) is 5. The van der Waals surface area contributed by atoms with E-state index in [9.17, 15) is 13.2 Å². The highest BCUT2D eigenvalue weighted by atomic mass is 32.2. The second-order valence-electron chi connectivity index (χ2n) is 7.42. The number of nitrogens with one attached hydrogen (secondary N) is 1. The van der Waals surface area contributed by atoms with Gasteiger partial charge in [-0.05, 0) is 47.9 Å². The summed E-state index contributed by atoms with van der Waals surface area (Å²) in [6, 6.07) is 21.5. The third kappa shape index (κ3) is 4.62. The van der Waals surface area contributed by atoms with Gasteiger partial charge in [-0.3, -0.25) is 9.36 Å². The first-order valence-electron chi connectivity index (χ1n) is 10.2. The van der Waals surface area contributed by atoms with Crippen LogP contribution in [-0.2, 0) is 16.6 Å². The zero-order chi connectivity index (χ0) is 22.7. The van der Waals surface area contributed by atoms with Crippen LogP contribution in [0.5, 0.6) is 5.75 Å². The Morgan fingerprint density at radius 2 is 1.75 bits per heavy atom. The lowest BCUT2D eigenvalue weighted by Crippen LogP contribution is -2.28. The number of thiazole rings is 1. The minimum absolute atomic E-state index is 0.115. The molecular formula is C24H24N2O4S2. The molecule has 0 amide bonds. The predicted octanol–water partition coefficient (Wildman–Crippen LogP) is 4.55. The Bertz CT molecular complexity index is 1380. The summed E-state index contributed by atoms with van der Waals surface area (Å²) in [5.41, 5.74) is 2.60. The van der Waals surface area contributed by atoms with Gasteiger partial charge >= 0.3 is 4.87 Å². The third-order valence-corrected chi connectivity index (χ3v) is 7.77. The summed E-state index contributed by atoms with van der Waals surface area (Å²) in [7, 11) is -2.19. The maximum Gasteiger partial charge on any atom is 0.308 e. The number of ether oxygens (including phenoxy) is 1. The van der Waals surface area contributed by atoms with E-state index in [1.807, 2.05) is 61.5 Å². The average Bonchev–Trinajstić information content (AvgIpc) is 3.12. The lowest BCUT2D eigenvalue weighted by molar-refractivity contribution is 0.414. The fourth-order valence-electron chi connectivity index (χ4n) is 3.61. The van der Waals surface area contributed by atoms with Gasteiger partial charge in [0.1, 0.15) is 5.75 Å². The quantitative estimate of drug-likeness (QED) is 0.412. The van der Waals surface area contributed by atoms with E-state index in [2.05, 4.69) is 4.72 Å². The summed E-state index contributed by atoms with van der Waals surface area (Å²) >= 11 is 1.05. The van der Waals surface area contributed by atoms with Crippen LogP contribution < -0.4 is 14.3 Å². The van der Waals surface area contributed by atoms with Gasteiger partial charge < -0.3 is 4.74 Å². The second-order valence-corrected chi connectivity index (χ2v) is 10.1. The van der Waals surface area contributed by atoms with Gasteiger partial charge in [-0.15, -0.1) is 0 Å². The zero-order valence-electron chi connectivity index (χ0n) is 17.8. The Hall–Kier alpha value is -2.94. The Labute approximate surface area is 191 Å². The third-order valence-electron chi connectivity index (χ3n) is 5.36. The molecule has 4 rings (SSSR count). The molecule has 8 heteroatoms. The molecular weight excluding hydrogens is 444 g/mol. The average molecular weight is 469 g/mol. The first kappa shape index (κ1) is 22.3. The van der Waals surface area contributed by atoms with Gasteiger partial charge in [0.2, 0.25) is 10.0 Å². The molecule has 0 aliphatic rings. The number of nitrogens with zero attached hydrogens (tertiary/aromatic N) is 1. The Kier molecular flexibility index (Phi) is 6.45. The second kappa shape index (κ2) is 9.28. The topological polar surface area (TPSA) is 77.4 Å². The number of benzene rings is 3. The number of sulfonamides is 1. The Morgan fingerprint density at radius 1 is 1.03 bits per heavy atom. The van der Waals surface area contributed by atoms with Crippen LogP contribution in [-0.4, -0.2) is 20.1 Å². The molecule has 166 valence electrons. The van der Waals surface area contributed by atoms with Crippen molar-refractivity contribution in [3.05, 3.63) is 93.6 Å². The molecule has 1 atom stereocenters. The molecule has 0 bridgehead atoms. The minimum atomic E-state index is -3.78. The van der Waals surface area contributed by atoms with Crippen LogP contribution in [0.2, 0.25) is 0 Å². The van der Waals surface area contributed by atoms with Crippen LogP contribution in [0.3, 0.4) is 0 Å². The van der Waals surface area contributed by atoms with E-state index < -0.39 is 10.0 Å². The van der Waals surface area contributed by atoms with Gasteiger partial charge in [-0.25, -0.2) is 13.1 Å². The van der Waals surface area contributed by atoms with Crippen LogP contribution in [0.4, 0.5) is 0 Å². The van der Waals surface area contributed by atoms with Crippen LogP contribution in [0, 0.1) is 0 Å². The van der Waals surface area contributed by atoms with Gasteiger partial charge in [0.15, 0.2) is 0 Å². The standard InChI is InChI=1S/C24H24N2O4S2/c1-3-21(18-9-11-19(30-2)12-10-18)25-32(28,29)20-13-14-22-23(15-20)31-24(27)26(22)16-17-7-5-4-6-8-17/h4-15,21,25H,3,16H2,1-2H3/t21-/m0/s1. The summed E-state index contributed by atoms with van der Waals surface area (Å²) in [5, 5.41) is 0. The van der Waals surface area contributed by atoms with Crippen molar-refractivity contribution in [2.45, 2.75) is 30.8 Å². The highest BCUT2D eigenvalue weighted by Gasteiger charge is 2.22. The van der Waals surface area contributed by atoms with Gasteiger partial charge in [0.25, 0.3) is 0 Å². The van der Waals surface area contributed by atoms with Gasteiger partial charge in [0.05, 0.1) is 28.8 Å². The van der Waals surface area contributed by atoms with E-state index in [0.717, 1.165) is 28.0 Å². The van der Waals surface area contributed by atoms with Gasteiger partial charge in [0, 0.05) is 6.04 Å². The van der Waals surface area contributed by atoms with E-state index in [1.165, 1.54) is 0 Å². The van der Waals surface area contributed by atoms with Crippen molar-refractivity contribution >= 4 is 31.6 Å². The van der Waals surface area contributed by atoms with Crippen LogP contribution in [0.25, 0.3) is 10.2 Å². The summed E-state index contributed by atoms with van der Waals surface area (Å²) in [4.78, 5) is 12.6. The number of aromatic nitrogens is 1. The molecule has 0 saturated carbocycles. The molecule has 0 radical (unpaired) electrons. The summed E-state index contributed by atoms with van der Waals surface area (Å²) in [6.45, 7) is 2.37. The van der Waals surface area contributed by atoms with Crippen molar-refractivity contribution in [2.24, 2.45) is 0 Å². The molecule has 0 fully saturated rings. The lowest BCUT2D eigenvalue weighted by Gasteiger charge is -2.18. The molecule has 1 aromatic heterocycles. The number of rotatable bonds is 8. The first-order chi connectivity index (χ1) is 15.4. The SMILES string of the molecule is CC[C@H](NS(=O)(=O)c1ccc2c(c1)sc(=O)n2Cc1ccccc1)c1ccc(OC)cc1. The normalized spacial score (nSPS) is 12.7. The van der Waals surface area contributed by atoms with Crippen LogP contribution in [0.15, 0.2) is 82.5 Å². The largest absolute Gasteiger partial charge is 0.497 e. The number of fused-ring (bicyclic) bond motifs is 1. The van der Waals surface area contributed by atoms with Crippen LogP contribution in [0.1, 0.15) is 30.5 Å². The molecule has 4 aromatic rings. The van der Waals surface area contributed by atoms with Gasteiger partial charge in [-0.2, -0.15) is 0 Å². The fraction of sp³-hybridized carbons (Fsp3) is 0.208. The van der Waals surface area contributed by atoms with Crippen molar-refractivity contribution in [3.8, 4) is 5.75 Å². The Morgan fingerprint density at radius 3 is 2.41 bits per heavy atom. The molecule has 0 aliphatic carbocycles. The molecule has 32 heavy (non-hydrogen) atoms. The highest BCUT2D eigenvalue weighted by molar-refractivity contribution is 7.89. The van der Waals surface area contributed by atoms with Crippen LogP contribution >= 0.6 is 11.3 Å². The van der Waals surface area contributed by atoms with E-state index in [1.54, 1.807) is 29.9 Å². The molecule has 1 N–H and O–H groups in total. The molecule has 0 unspecified atom stereocenters. The van der Waals surface area contributed by atoms with Crippen molar-refractivity contribution in [1.82, 2.24) is 9.29 Å². The molecule has 0 aliphatic heterocycles. The van der Waals surface area contributed by atoms with Crippen molar-refractivity contribution in [1.29, 1.82) is 0 Å².